The topological polar surface area (TPSA) is 47.0 Å². The minimum atomic E-state index is -4.14. The van der Waals surface area contributed by atoms with Crippen molar-refractivity contribution in [3.8, 4) is 0 Å². The zero-order valence-corrected chi connectivity index (χ0v) is 9.30. The van der Waals surface area contributed by atoms with Crippen molar-refractivity contribution in [2.75, 3.05) is 6.61 Å². The summed E-state index contributed by atoms with van der Waals surface area (Å²) in [7, 11) is 0. The lowest BCUT2D eigenvalue weighted by Gasteiger charge is -2.14. The Hall–Kier alpha value is -1.28. The standard InChI is InChI=1S/C10H11F4N3O/c11-9(12)10(13,14)5-18-4-8-16-2-6-1-15-3-7(6)17-8/h2,9,15H,1,3-5H2. The fraction of sp³-hybridized carbons (Fsp3) is 0.600. The quantitative estimate of drug-likeness (QED) is 0.819. The van der Waals surface area contributed by atoms with Gasteiger partial charge in [-0.15, -0.1) is 0 Å². The molecule has 0 bridgehead atoms. The first-order valence-corrected chi connectivity index (χ1v) is 5.27. The van der Waals surface area contributed by atoms with Gasteiger partial charge in [-0.05, 0) is 0 Å². The van der Waals surface area contributed by atoms with Crippen LogP contribution in [0.2, 0.25) is 0 Å². The van der Waals surface area contributed by atoms with Crippen LogP contribution in [0.15, 0.2) is 6.20 Å². The van der Waals surface area contributed by atoms with Crippen LogP contribution in [0.1, 0.15) is 17.1 Å². The maximum atomic E-state index is 12.5. The van der Waals surface area contributed by atoms with Gasteiger partial charge in [-0.1, -0.05) is 0 Å². The van der Waals surface area contributed by atoms with Crippen LogP contribution in [0.25, 0.3) is 0 Å². The fourth-order valence-electron chi connectivity index (χ4n) is 1.51. The third-order valence-corrected chi connectivity index (χ3v) is 2.46. The van der Waals surface area contributed by atoms with E-state index in [0.717, 1.165) is 11.3 Å². The second-order valence-corrected chi connectivity index (χ2v) is 3.92. The second-order valence-electron chi connectivity index (χ2n) is 3.92. The molecule has 1 aliphatic heterocycles. The molecule has 0 radical (unpaired) electrons. The first kappa shape index (κ1) is 13.2. The van der Waals surface area contributed by atoms with E-state index in [1.165, 1.54) is 0 Å². The van der Waals surface area contributed by atoms with Gasteiger partial charge in [0.05, 0.1) is 5.69 Å². The molecule has 0 aliphatic carbocycles. The molecule has 100 valence electrons. The summed E-state index contributed by atoms with van der Waals surface area (Å²) in [4.78, 5) is 7.99. The van der Waals surface area contributed by atoms with Crippen LogP contribution in [0.3, 0.4) is 0 Å². The first-order chi connectivity index (χ1) is 8.49. The van der Waals surface area contributed by atoms with E-state index in [1.807, 2.05) is 0 Å². The van der Waals surface area contributed by atoms with E-state index in [9.17, 15) is 17.6 Å². The molecule has 1 N–H and O–H groups in total. The summed E-state index contributed by atoms with van der Waals surface area (Å²) >= 11 is 0. The van der Waals surface area contributed by atoms with Gasteiger partial charge in [0.2, 0.25) is 0 Å². The van der Waals surface area contributed by atoms with Gasteiger partial charge in [0.15, 0.2) is 5.82 Å². The fourth-order valence-corrected chi connectivity index (χ4v) is 1.51. The molecule has 1 aromatic rings. The Kier molecular flexibility index (Phi) is 3.76. The largest absolute Gasteiger partial charge is 0.367 e. The lowest BCUT2D eigenvalue weighted by molar-refractivity contribution is -0.168. The highest BCUT2D eigenvalue weighted by atomic mass is 19.3. The van der Waals surface area contributed by atoms with Crippen LogP contribution < -0.4 is 5.32 Å². The van der Waals surface area contributed by atoms with Crippen molar-refractivity contribution in [2.24, 2.45) is 0 Å². The Labute approximate surface area is 100 Å². The highest BCUT2D eigenvalue weighted by Gasteiger charge is 2.41. The van der Waals surface area contributed by atoms with Crippen LogP contribution >= 0.6 is 0 Å². The zero-order valence-electron chi connectivity index (χ0n) is 9.30. The van der Waals surface area contributed by atoms with E-state index in [1.54, 1.807) is 6.20 Å². The maximum absolute atomic E-state index is 12.5. The van der Waals surface area contributed by atoms with E-state index in [-0.39, 0.29) is 12.4 Å². The van der Waals surface area contributed by atoms with Crippen molar-refractivity contribution in [3.63, 3.8) is 0 Å². The normalized spacial score (nSPS) is 15.2. The molecule has 0 aromatic carbocycles. The number of hydrogen-bond acceptors (Lipinski definition) is 4. The summed E-state index contributed by atoms with van der Waals surface area (Å²) in [5.74, 6) is -3.93. The van der Waals surface area contributed by atoms with Crippen LogP contribution in [-0.4, -0.2) is 28.9 Å². The van der Waals surface area contributed by atoms with Gasteiger partial charge in [-0.25, -0.2) is 18.7 Å². The molecule has 1 aromatic heterocycles. The number of aromatic nitrogens is 2. The van der Waals surface area contributed by atoms with E-state index in [4.69, 9.17) is 0 Å². The molecule has 18 heavy (non-hydrogen) atoms. The van der Waals surface area contributed by atoms with Crippen molar-refractivity contribution in [2.45, 2.75) is 32.0 Å². The molecule has 0 atom stereocenters. The molecule has 1 aliphatic rings. The molecule has 0 fully saturated rings. The number of alkyl halides is 4. The molecule has 2 heterocycles. The SMILES string of the molecule is FC(F)C(F)(F)COCc1ncc2c(n1)CNC2. The van der Waals surface area contributed by atoms with Gasteiger partial charge in [-0.2, -0.15) is 8.78 Å². The molecule has 0 saturated carbocycles. The smallest absolute Gasteiger partial charge is 0.330 e. The maximum Gasteiger partial charge on any atom is 0.330 e. The van der Waals surface area contributed by atoms with Crippen molar-refractivity contribution in [1.29, 1.82) is 0 Å². The molecule has 2 rings (SSSR count). The summed E-state index contributed by atoms with van der Waals surface area (Å²) in [5, 5.41) is 3.05. The van der Waals surface area contributed by atoms with Crippen LogP contribution in [0, 0.1) is 0 Å². The molecular formula is C10H11F4N3O. The van der Waals surface area contributed by atoms with Crippen molar-refractivity contribution in [3.05, 3.63) is 23.3 Å². The Morgan fingerprint density at radius 3 is 2.89 bits per heavy atom. The first-order valence-electron chi connectivity index (χ1n) is 5.27. The Bertz CT molecular complexity index is 428. The van der Waals surface area contributed by atoms with Crippen molar-refractivity contribution >= 4 is 0 Å². The molecular weight excluding hydrogens is 254 g/mol. The predicted molar refractivity (Wildman–Crippen MR) is 53.2 cm³/mol. The number of hydrogen-bond donors (Lipinski definition) is 1. The Morgan fingerprint density at radius 1 is 1.39 bits per heavy atom. The highest BCUT2D eigenvalue weighted by Crippen LogP contribution is 2.23. The summed E-state index contributed by atoms with van der Waals surface area (Å²) < 4.78 is 53.3. The van der Waals surface area contributed by atoms with Gasteiger partial charge >= 0.3 is 12.3 Å². The van der Waals surface area contributed by atoms with Crippen LogP contribution in [-0.2, 0) is 24.4 Å². The van der Waals surface area contributed by atoms with Gasteiger partial charge < -0.3 is 10.1 Å². The third-order valence-electron chi connectivity index (χ3n) is 2.46. The van der Waals surface area contributed by atoms with Crippen LogP contribution in [0.5, 0.6) is 0 Å². The lowest BCUT2D eigenvalue weighted by Crippen LogP contribution is -2.32. The number of fused-ring (bicyclic) bond motifs is 1. The zero-order chi connectivity index (χ0) is 13.2. The second kappa shape index (κ2) is 5.15. The molecule has 8 heteroatoms. The van der Waals surface area contributed by atoms with Gasteiger partial charge in [-0.3, -0.25) is 0 Å². The van der Waals surface area contributed by atoms with E-state index >= 15 is 0 Å². The Balaban J connectivity index is 1.87. The number of rotatable bonds is 5. The number of halogens is 4. The third kappa shape index (κ3) is 2.94. The van der Waals surface area contributed by atoms with Gasteiger partial charge in [0.1, 0.15) is 13.2 Å². The molecule has 0 amide bonds. The summed E-state index contributed by atoms with van der Waals surface area (Å²) in [6, 6.07) is 0. The van der Waals surface area contributed by atoms with Gasteiger partial charge in [0, 0.05) is 24.8 Å². The number of ether oxygens (including phenoxy) is 1. The van der Waals surface area contributed by atoms with E-state index < -0.39 is 19.0 Å². The lowest BCUT2D eigenvalue weighted by atomic mass is 10.3. The van der Waals surface area contributed by atoms with Crippen molar-refractivity contribution in [1.82, 2.24) is 15.3 Å². The Morgan fingerprint density at radius 2 is 2.17 bits per heavy atom. The minimum Gasteiger partial charge on any atom is -0.367 e. The van der Waals surface area contributed by atoms with Crippen molar-refractivity contribution < 1.29 is 22.3 Å². The highest BCUT2D eigenvalue weighted by molar-refractivity contribution is 5.21. The molecule has 4 nitrogen and oxygen atoms in total. The van der Waals surface area contributed by atoms with E-state index in [2.05, 4.69) is 20.0 Å². The van der Waals surface area contributed by atoms with E-state index in [0.29, 0.717) is 13.1 Å². The number of nitrogens with one attached hydrogen (secondary N) is 1. The summed E-state index contributed by atoms with van der Waals surface area (Å²) in [6.07, 6.45) is -2.16. The minimum absolute atomic E-state index is 0.211. The molecule has 0 saturated heterocycles. The molecule has 0 unspecified atom stereocenters. The average Bonchev–Trinajstić information content (AvgIpc) is 2.75. The average molecular weight is 265 g/mol. The van der Waals surface area contributed by atoms with Gasteiger partial charge in [0.25, 0.3) is 0 Å². The molecule has 0 spiro atoms. The number of nitrogens with zero attached hydrogens (tertiary/aromatic N) is 2. The van der Waals surface area contributed by atoms with Crippen LogP contribution in [0.4, 0.5) is 17.6 Å². The summed E-state index contributed by atoms with van der Waals surface area (Å²) in [6.45, 7) is -0.406. The summed E-state index contributed by atoms with van der Waals surface area (Å²) in [5.41, 5.74) is 1.72. The predicted octanol–water partition coefficient (Wildman–Crippen LogP) is 1.50. The monoisotopic (exact) mass is 265 g/mol.